The standard InChI is InChI=1S/C9H7BrFNO4/c1-5(13)4-16-9-3-8(12(14)15)7(11)2-6(9)10/h2-3H,4H2,1H3. The van der Waals surface area contributed by atoms with Gasteiger partial charge in [0.2, 0.25) is 5.82 Å². The Bertz CT molecular complexity index is 449. The van der Waals surface area contributed by atoms with E-state index >= 15 is 0 Å². The molecule has 0 saturated heterocycles. The summed E-state index contributed by atoms with van der Waals surface area (Å²) in [5, 5.41) is 10.5. The van der Waals surface area contributed by atoms with Gasteiger partial charge < -0.3 is 4.74 Å². The van der Waals surface area contributed by atoms with Gasteiger partial charge >= 0.3 is 5.69 Å². The normalized spacial score (nSPS) is 9.94. The number of hydrogen-bond acceptors (Lipinski definition) is 4. The van der Waals surface area contributed by atoms with Crippen LogP contribution in [0.1, 0.15) is 6.92 Å². The van der Waals surface area contributed by atoms with Gasteiger partial charge in [-0.1, -0.05) is 0 Å². The Morgan fingerprint density at radius 3 is 2.75 bits per heavy atom. The maximum absolute atomic E-state index is 13.1. The van der Waals surface area contributed by atoms with E-state index in [9.17, 15) is 19.3 Å². The quantitative estimate of drug-likeness (QED) is 0.631. The van der Waals surface area contributed by atoms with Crippen molar-refractivity contribution >= 4 is 27.4 Å². The molecule has 0 N–H and O–H groups in total. The van der Waals surface area contributed by atoms with Crippen LogP contribution in [0.25, 0.3) is 0 Å². The molecule has 0 radical (unpaired) electrons. The van der Waals surface area contributed by atoms with Crippen LogP contribution in [0.4, 0.5) is 10.1 Å². The van der Waals surface area contributed by atoms with Crippen LogP contribution >= 0.6 is 15.9 Å². The molecule has 1 aromatic carbocycles. The summed E-state index contributed by atoms with van der Waals surface area (Å²) in [4.78, 5) is 20.3. The van der Waals surface area contributed by atoms with Crippen LogP contribution in [-0.4, -0.2) is 17.3 Å². The van der Waals surface area contributed by atoms with Crippen molar-refractivity contribution in [3.63, 3.8) is 0 Å². The van der Waals surface area contributed by atoms with Gasteiger partial charge in [0.15, 0.2) is 5.78 Å². The summed E-state index contributed by atoms with van der Waals surface area (Å²) in [7, 11) is 0. The largest absolute Gasteiger partial charge is 0.484 e. The molecular formula is C9H7BrFNO4. The lowest BCUT2D eigenvalue weighted by Gasteiger charge is -2.06. The van der Waals surface area contributed by atoms with Crippen LogP contribution in [-0.2, 0) is 4.79 Å². The number of benzene rings is 1. The molecule has 0 saturated carbocycles. The number of nitro benzene ring substituents is 1. The average Bonchev–Trinajstić information content (AvgIpc) is 2.15. The third kappa shape index (κ3) is 2.99. The number of carbonyl (C=O) groups is 1. The molecule has 0 aliphatic heterocycles. The predicted molar refractivity (Wildman–Crippen MR) is 56.9 cm³/mol. The Kier molecular flexibility index (Phi) is 3.94. The maximum Gasteiger partial charge on any atom is 0.308 e. The number of hydrogen-bond donors (Lipinski definition) is 0. The van der Waals surface area contributed by atoms with E-state index in [0.29, 0.717) is 0 Å². The van der Waals surface area contributed by atoms with Crippen molar-refractivity contribution < 1.29 is 18.8 Å². The molecule has 0 aliphatic rings. The Balaban J connectivity index is 3.05. The lowest BCUT2D eigenvalue weighted by atomic mass is 10.3. The maximum atomic E-state index is 13.1. The first-order valence-corrected chi connectivity index (χ1v) is 4.96. The van der Waals surface area contributed by atoms with E-state index in [2.05, 4.69) is 15.9 Å². The van der Waals surface area contributed by atoms with Gasteiger partial charge in [0.25, 0.3) is 0 Å². The van der Waals surface area contributed by atoms with E-state index in [1.807, 2.05) is 0 Å². The summed E-state index contributed by atoms with van der Waals surface area (Å²) >= 11 is 2.98. The number of nitrogens with zero attached hydrogens (tertiary/aromatic N) is 1. The minimum atomic E-state index is -0.966. The number of ketones is 1. The summed E-state index contributed by atoms with van der Waals surface area (Å²) in [6.45, 7) is 1.09. The van der Waals surface area contributed by atoms with Gasteiger partial charge in [-0.05, 0) is 28.9 Å². The van der Waals surface area contributed by atoms with E-state index in [-0.39, 0.29) is 22.6 Å². The molecule has 0 aromatic heterocycles. The molecule has 0 bridgehead atoms. The summed E-state index contributed by atoms with van der Waals surface area (Å²) < 4.78 is 18.3. The highest BCUT2D eigenvalue weighted by Gasteiger charge is 2.18. The van der Waals surface area contributed by atoms with Crippen molar-refractivity contribution in [3.8, 4) is 5.75 Å². The molecule has 0 spiro atoms. The van der Waals surface area contributed by atoms with E-state index in [0.717, 1.165) is 12.1 Å². The third-order valence-corrected chi connectivity index (χ3v) is 2.25. The average molecular weight is 292 g/mol. The monoisotopic (exact) mass is 291 g/mol. The number of carbonyl (C=O) groups excluding carboxylic acids is 1. The van der Waals surface area contributed by atoms with Gasteiger partial charge in [0.05, 0.1) is 15.5 Å². The van der Waals surface area contributed by atoms with E-state index < -0.39 is 16.4 Å². The summed E-state index contributed by atoms with van der Waals surface area (Å²) in [5.41, 5.74) is -0.693. The van der Waals surface area contributed by atoms with Crippen molar-refractivity contribution in [2.24, 2.45) is 0 Å². The van der Waals surface area contributed by atoms with Gasteiger partial charge in [-0.3, -0.25) is 14.9 Å². The highest BCUT2D eigenvalue weighted by atomic mass is 79.9. The minimum Gasteiger partial charge on any atom is -0.484 e. The van der Waals surface area contributed by atoms with Gasteiger partial charge in [-0.25, -0.2) is 0 Å². The molecule has 0 fully saturated rings. The molecule has 1 rings (SSSR count). The second kappa shape index (κ2) is 5.02. The zero-order valence-electron chi connectivity index (χ0n) is 8.20. The molecule has 0 heterocycles. The van der Waals surface area contributed by atoms with Gasteiger partial charge in [0, 0.05) is 0 Å². The fourth-order valence-electron chi connectivity index (χ4n) is 0.948. The molecule has 1 aromatic rings. The first kappa shape index (κ1) is 12.6. The molecule has 0 aliphatic carbocycles. The van der Waals surface area contributed by atoms with E-state index in [4.69, 9.17) is 4.74 Å². The second-order valence-electron chi connectivity index (χ2n) is 2.98. The Morgan fingerprint density at radius 1 is 1.62 bits per heavy atom. The topological polar surface area (TPSA) is 69.4 Å². The predicted octanol–water partition coefficient (Wildman–Crippen LogP) is 2.46. The SMILES string of the molecule is CC(=O)COc1cc([N+](=O)[O-])c(F)cc1Br. The van der Waals surface area contributed by atoms with Crippen molar-refractivity contribution in [2.75, 3.05) is 6.61 Å². The molecule has 7 heteroatoms. The number of Topliss-reactive ketones (excluding diaryl/α,β-unsaturated/α-hetero) is 1. The molecule has 0 amide bonds. The van der Waals surface area contributed by atoms with Gasteiger partial charge in [-0.2, -0.15) is 4.39 Å². The molecule has 86 valence electrons. The third-order valence-electron chi connectivity index (χ3n) is 1.63. The molecular weight excluding hydrogens is 285 g/mol. The van der Waals surface area contributed by atoms with E-state index in [1.165, 1.54) is 6.92 Å². The highest BCUT2D eigenvalue weighted by molar-refractivity contribution is 9.10. The lowest BCUT2D eigenvalue weighted by molar-refractivity contribution is -0.387. The number of nitro groups is 1. The van der Waals surface area contributed by atoms with Crippen LogP contribution in [0, 0.1) is 15.9 Å². The van der Waals surface area contributed by atoms with Gasteiger partial charge in [0.1, 0.15) is 12.4 Å². The molecule has 0 atom stereocenters. The van der Waals surface area contributed by atoms with Crippen molar-refractivity contribution in [1.82, 2.24) is 0 Å². The fraction of sp³-hybridized carbons (Fsp3) is 0.222. The fourth-order valence-corrected chi connectivity index (χ4v) is 1.38. The van der Waals surface area contributed by atoms with Crippen LogP contribution < -0.4 is 4.74 Å². The Labute approximate surface area is 98.5 Å². The van der Waals surface area contributed by atoms with Crippen LogP contribution in [0.2, 0.25) is 0 Å². The smallest absolute Gasteiger partial charge is 0.308 e. The van der Waals surface area contributed by atoms with Crippen molar-refractivity contribution in [3.05, 3.63) is 32.5 Å². The summed E-state index contributed by atoms with van der Waals surface area (Å²) in [5.74, 6) is -1.14. The van der Waals surface area contributed by atoms with Crippen molar-refractivity contribution in [2.45, 2.75) is 6.92 Å². The van der Waals surface area contributed by atoms with Gasteiger partial charge in [-0.15, -0.1) is 0 Å². The summed E-state index contributed by atoms with van der Waals surface area (Å²) in [6.07, 6.45) is 0. The second-order valence-corrected chi connectivity index (χ2v) is 3.84. The van der Waals surface area contributed by atoms with Crippen LogP contribution in [0.15, 0.2) is 16.6 Å². The zero-order valence-corrected chi connectivity index (χ0v) is 9.78. The lowest BCUT2D eigenvalue weighted by Crippen LogP contribution is -2.07. The first-order chi connectivity index (χ1) is 7.41. The zero-order chi connectivity index (χ0) is 12.3. The molecule has 16 heavy (non-hydrogen) atoms. The number of ether oxygens (including phenoxy) is 1. The van der Waals surface area contributed by atoms with Crippen LogP contribution in [0.3, 0.4) is 0 Å². The van der Waals surface area contributed by atoms with Crippen LogP contribution in [0.5, 0.6) is 5.75 Å². The number of rotatable bonds is 4. The van der Waals surface area contributed by atoms with E-state index in [1.54, 1.807) is 0 Å². The molecule has 0 unspecified atom stereocenters. The van der Waals surface area contributed by atoms with Crippen molar-refractivity contribution in [1.29, 1.82) is 0 Å². The Morgan fingerprint density at radius 2 is 2.25 bits per heavy atom. The minimum absolute atomic E-state index is 0.0586. The summed E-state index contributed by atoms with van der Waals surface area (Å²) in [6, 6.07) is 1.86. The highest BCUT2D eigenvalue weighted by Crippen LogP contribution is 2.31. The first-order valence-electron chi connectivity index (χ1n) is 4.17. The Hall–Kier alpha value is -1.50. The molecule has 5 nitrogen and oxygen atoms in total. The number of halogens is 2.